The summed E-state index contributed by atoms with van der Waals surface area (Å²) in [6.45, 7) is 2.92. The van der Waals surface area contributed by atoms with E-state index in [4.69, 9.17) is 9.11 Å². The van der Waals surface area contributed by atoms with E-state index >= 15 is 0 Å². The van der Waals surface area contributed by atoms with Gasteiger partial charge in [0.15, 0.2) is 22.2 Å². The van der Waals surface area contributed by atoms with Gasteiger partial charge in [-0.25, -0.2) is 8.42 Å². The molecule has 0 aliphatic rings. The fraction of sp³-hybridized carbons (Fsp3) is 0.333. The molecule has 0 heterocycles. The minimum Gasteiger partial charge on any atom is -0.302 e. The first-order valence-corrected chi connectivity index (χ1v) is 5.23. The van der Waals surface area contributed by atoms with Crippen molar-refractivity contribution in [2.45, 2.75) is 13.8 Å². The first-order valence-electron chi connectivity index (χ1n) is 3.02. The van der Waals surface area contributed by atoms with Crippen LogP contribution in [0, 0.1) is 0 Å². The zero-order valence-electron chi connectivity index (χ0n) is 6.68. The standard InChI is InChI=1S/C6H10O4S2/c1-5(11(7)8)3-4-6(2)12(9)10/h3-4H,1-2H3,(H,7,8)(H,9,10). The van der Waals surface area contributed by atoms with E-state index in [0.717, 1.165) is 0 Å². The van der Waals surface area contributed by atoms with Crippen molar-refractivity contribution in [2.75, 3.05) is 0 Å². The monoisotopic (exact) mass is 210 g/mol. The first-order chi connectivity index (χ1) is 5.45. The zero-order valence-corrected chi connectivity index (χ0v) is 8.32. The van der Waals surface area contributed by atoms with E-state index in [0.29, 0.717) is 0 Å². The smallest absolute Gasteiger partial charge is 0.181 e. The van der Waals surface area contributed by atoms with Crippen molar-refractivity contribution in [3.05, 3.63) is 22.0 Å². The van der Waals surface area contributed by atoms with E-state index in [1.54, 1.807) is 0 Å². The maximum Gasteiger partial charge on any atom is 0.181 e. The summed E-state index contributed by atoms with van der Waals surface area (Å²) in [7, 11) is 0. The van der Waals surface area contributed by atoms with Crippen molar-refractivity contribution < 1.29 is 17.5 Å². The van der Waals surface area contributed by atoms with Gasteiger partial charge < -0.3 is 9.11 Å². The van der Waals surface area contributed by atoms with Gasteiger partial charge in [0, 0.05) is 9.81 Å². The van der Waals surface area contributed by atoms with E-state index in [1.165, 1.54) is 26.0 Å². The van der Waals surface area contributed by atoms with Crippen molar-refractivity contribution >= 4 is 22.2 Å². The minimum atomic E-state index is -2.00. The quantitative estimate of drug-likeness (QED) is 0.543. The van der Waals surface area contributed by atoms with Gasteiger partial charge in [0.1, 0.15) is 0 Å². The Morgan fingerprint density at radius 2 is 1.25 bits per heavy atom. The molecular formula is C6H10O4S2. The predicted octanol–water partition coefficient (Wildman–Crippen LogP) is 1.24. The molecule has 0 aromatic carbocycles. The van der Waals surface area contributed by atoms with Gasteiger partial charge in [-0.3, -0.25) is 0 Å². The largest absolute Gasteiger partial charge is 0.302 e. The summed E-state index contributed by atoms with van der Waals surface area (Å²) >= 11 is -4.01. The van der Waals surface area contributed by atoms with Gasteiger partial charge in [-0.2, -0.15) is 0 Å². The van der Waals surface area contributed by atoms with Crippen LogP contribution in [0.2, 0.25) is 0 Å². The lowest BCUT2D eigenvalue weighted by atomic mass is 10.4. The number of rotatable bonds is 3. The molecule has 2 unspecified atom stereocenters. The van der Waals surface area contributed by atoms with Crippen molar-refractivity contribution in [2.24, 2.45) is 0 Å². The fourth-order valence-corrected chi connectivity index (χ4v) is 0.720. The normalized spacial score (nSPS) is 19.0. The second-order valence-corrected chi connectivity index (χ2v) is 4.34. The lowest BCUT2D eigenvalue weighted by molar-refractivity contribution is 0.569. The highest BCUT2D eigenvalue weighted by Crippen LogP contribution is 2.02. The summed E-state index contributed by atoms with van der Waals surface area (Å²) in [5.41, 5.74) is 0. The lowest BCUT2D eigenvalue weighted by Crippen LogP contribution is -1.89. The van der Waals surface area contributed by atoms with Crippen LogP contribution in [-0.4, -0.2) is 17.5 Å². The number of hydrogen-bond acceptors (Lipinski definition) is 2. The van der Waals surface area contributed by atoms with Crippen molar-refractivity contribution in [3.63, 3.8) is 0 Å². The third-order valence-electron chi connectivity index (χ3n) is 1.10. The summed E-state index contributed by atoms with van der Waals surface area (Å²) in [5, 5.41) is 0. The summed E-state index contributed by atoms with van der Waals surface area (Å²) < 4.78 is 37.7. The summed E-state index contributed by atoms with van der Waals surface area (Å²) in [5.74, 6) is 0. The molecule has 0 radical (unpaired) electrons. The molecule has 0 saturated carbocycles. The molecule has 0 aromatic heterocycles. The van der Waals surface area contributed by atoms with Crippen LogP contribution in [0.5, 0.6) is 0 Å². The highest BCUT2D eigenvalue weighted by Gasteiger charge is 1.96. The Morgan fingerprint density at radius 3 is 1.42 bits per heavy atom. The Morgan fingerprint density at radius 1 is 1.00 bits per heavy atom. The third kappa shape index (κ3) is 4.55. The molecule has 2 N–H and O–H groups in total. The molecule has 0 fully saturated rings. The Kier molecular flexibility index (Phi) is 5.23. The van der Waals surface area contributed by atoms with Gasteiger partial charge in [0.25, 0.3) is 0 Å². The molecule has 0 aliphatic heterocycles. The number of allylic oxidation sites excluding steroid dienone is 4. The average Bonchev–Trinajstić information content (AvgIpc) is 1.98. The molecule has 0 bridgehead atoms. The fourth-order valence-electron chi connectivity index (χ4n) is 0.351. The van der Waals surface area contributed by atoms with E-state index < -0.39 is 22.2 Å². The third-order valence-corrected chi connectivity index (χ3v) is 2.48. The summed E-state index contributed by atoms with van der Waals surface area (Å²) in [4.78, 5) is 0.472. The molecule has 0 spiro atoms. The van der Waals surface area contributed by atoms with Crippen molar-refractivity contribution in [1.29, 1.82) is 0 Å². The maximum absolute atomic E-state index is 10.4. The van der Waals surface area contributed by atoms with Crippen molar-refractivity contribution in [3.8, 4) is 0 Å². The molecule has 0 aliphatic carbocycles. The van der Waals surface area contributed by atoms with E-state index in [9.17, 15) is 8.42 Å². The second kappa shape index (κ2) is 5.36. The highest BCUT2D eigenvalue weighted by molar-refractivity contribution is 7.83. The molecule has 4 nitrogen and oxygen atoms in total. The molecule has 12 heavy (non-hydrogen) atoms. The topological polar surface area (TPSA) is 74.6 Å². The molecule has 6 heteroatoms. The van der Waals surface area contributed by atoms with E-state index in [2.05, 4.69) is 0 Å². The van der Waals surface area contributed by atoms with Gasteiger partial charge in [-0.1, -0.05) is 0 Å². The first kappa shape index (κ1) is 11.7. The van der Waals surface area contributed by atoms with Crippen LogP contribution < -0.4 is 0 Å². The van der Waals surface area contributed by atoms with Gasteiger partial charge in [0.2, 0.25) is 0 Å². The van der Waals surface area contributed by atoms with Crippen LogP contribution in [0.1, 0.15) is 13.8 Å². The van der Waals surface area contributed by atoms with Gasteiger partial charge in [-0.05, 0) is 26.0 Å². The maximum atomic E-state index is 10.4. The van der Waals surface area contributed by atoms with Gasteiger partial charge >= 0.3 is 0 Å². The SMILES string of the molecule is CC(=CC=C(C)S(=O)O)S(=O)O. The molecule has 0 saturated heterocycles. The lowest BCUT2D eigenvalue weighted by Gasteiger charge is -1.91. The Hall–Kier alpha value is -0.300. The zero-order chi connectivity index (χ0) is 9.72. The van der Waals surface area contributed by atoms with Crippen LogP contribution in [0.4, 0.5) is 0 Å². The van der Waals surface area contributed by atoms with Gasteiger partial charge in [0.05, 0.1) is 0 Å². The molecule has 70 valence electrons. The predicted molar refractivity (Wildman–Crippen MR) is 49.1 cm³/mol. The van der Waals surface area contributed by atoms with Crippen molar-refractivity contribution in [1.82, 2.24) is 0 Å². The second-order valence-electron chi connectivity index (χ2n) is 2.05. The summed E-state index contributed by atoms with van der Waals surface area (Å²) in [6, 6.07) is 0. The Balaban J connectivity index is 4.48. The molecule has 0 aromatic rings. The minimum absolute atomic E-state index is 0.236. The number of hydrogen-bond donors (Lipinski definition) is 2. The van der Waals surface area contributed by atoms with Gasteiger partial charge in [-0.15, -0.1) is 0 Å². The molecule has 0 rings (SSSR count). The highest BCUT2D eigenvalue weighted by atomic mass is 32.2. The Bertz CT molecular complexity index is 239. The molecule has 2 atom stereocenters. The van der Waals surface area contributed by atoms with Crippen LogP contribution in [0.3, 0.4) is 0 Å². The average molecular weight is 210 g/mol. The van der Waals surface area contributed by atoms with E-state index in [-0.39, 0.29) is 9.81 Å². The van der Waals surface area contributed by atoms with Crippen LogP contribution in [0.15, 0.2) is 22.0 Å². The van der Waals surface area contributed by atoms with Crippen LogP contribution in [0.25, 0.3) is 0 Å². The van der Waals surface area contributed by atoms with E-state index in [1.807, 2.05) is 0 Å². The molecular weight excluding hydrogens is 200 g/mol. The summed E-state index contributed by atoms with van der Waals surface area (Å²) in [6.07, 6.45) is 2.67. The Labute approximate surface area is 75.9 Å². The van der Waals surface area contributed by atoms with Crippen LogP contribution in [-0.2, 0) is 22.2 Å². The molecule has 0 amide bonds. The van der Waals surface area contributed by atoms with Crippen LogP contribution >= 0.6 is 0 Å².